The van der Waals surface area contributed by atoms with E-state index in [1.54, 1.807) is 7.11 Å². The molecule has 3 heterocycles. The minimum atomic E-state index is -3.16. The number of ether oxygens (including phenoxy) is 1. The maximum atomic E-state index is 12.2. The molecule has 0 spiro atoms. The van der Waals surface area contributed by atoms with Gasteiger partial charge in [-0.15, -0.1) is 0 Å². The van der Waals surface area contributed by atoms with Gasteiger partial charge in [-0.3, -0.25) is 4.90 Å². The highest BCUT2D eigenvalue weighted by Gasteiger charge is 2.30. The summed E-state index contributed by atoms with van der Waals surface area (Å²) in [6.45, 7) is 2.55. The van der Waals surface area contributed by atoms with E-state index in [2.05, 4.69) is 39.6 Å². The molecule has 1 atom stereocenters. The molecule has 7 nitrogen and oxygen atoms in total. The van der Waals surface area contributed by atoms with Gasteiger partial charge in [-0.1, -0.05) is 24.3 Å². The summed E-state index contributed by atoms with van der Waals surface area (Å²) in [5, 5.41) is 4.81. The van der Waals surface area contributed by atoms with Crippen LogP contribution < -0.4 is 10.1 Å². The molecule has 8 heteroatoms. The van der Waals surface area contributed by atoms with Gasteiger partial charge in [0.25, 0.3) is 0 Å². The number of sulfone groups is 1. The van der Waals surface area contributed by atoms with Gasteiger partial charge in [-0.05, 0) is 35.9 Å². The molecule has 0 aliphatic carbocycles. The fourth-order valence-corrected chi connectivity index (χ4v) is 5.57. The first kappa shape index (κ1) is 20.9. The third-order valence-electron chi connectivity index (χ3n) is 6.04. The van der Waals surface area contributed by atoms with Crippen molar-refractivity contribution in [3.63, 3.8) is 0 Å². The van der Waals surface area contributed by atoms with Crippen molar-refractivity contribution in [1.29, 1.82) is 0 Å². The highest BCUT2D eigenvalue weighted by molar-refractivity contribution is 7.91. The molecule has 1 aliphatic heterocycles. The number of methoxy groups -OCH3 is 1. The Kier molecular flexibility index (Phi) is 5.36. The molecule has 5 rings (SSSR count). The number of hydrogen-bond donors (Lipinski definition) is 2. The van der Waals surface area contributed by atoms with E-state index in [9.17, 15) is 8.42 Å². The zero-order chi connectivity index (χ0) is 22.3. The fraction of sp³-hybridized carbons (Fsp3) is 0.292. The maximum absolute atomic E-state index is 12.2. The molecule has 0 amide bonds. The monoisotopic (exact) mass is 450 g/mol. The van der Waals surface area contributed by atoms with Crippen LogP contribution in [-0.4, -0.2) is 61.7 Å². The van der Waals surface area contributed by atoms with Crippen LogP contribution in [0, 0.1) is 0 Å². The first-order valence-corrected chi connectivity index (χ1v) is 12.6. The Balaban J connectivity index is 1.49. The predicted molar refractivity (Wildman–Crippen MR) is 127 cm³/mol. The third kappa shape index (κ3) is 3.97. The lowest BCUT2D eigenvalue weighted by molar-refractivity contribution is 0.203. The Morgan fingerprint density at radius 1 is 1.12 bits per heavy atom. The summed E-state index contributed by atoms with van der Waals surface area (Å²) in [6.07, 6.45) is 1.31. The highest BCUT2D eigenvalue weighted by Crippen LogP contribution is 2.33. The van der Waals surface area contributed by atoms with Crippen molar-refractivity contribution >= 4 is 31.6 Å². The van der Waals surface area contributed by atoms with E-state index in [1.165, 1.54) is 6.26 Å². The first-order chi connectivity index (χ1) is 15.4. The van der Waals surface area contributed by atoms with Gasteiger partial charge in [-0.2, -0.15) is 0 Å². The van der Waals surface area contributed by atoms with Crippen LogP contribution in [0.1, 0.15) is 5.56 Å². The zero-order valence-corrected chi connectivity index (χ0v) is 18.9. The number of benzene rings is 2. The summed E-state index contributed by atoms with van der Waals surface area (Å²) in [4.78, 5) is 10.2. The number of piperazine rings is 1. The second-order valence-corrected chi connectivity index (χ2v) is 10.5. The molecule has 0 bridgehead atoms. The van der Waals surface area contributed by atoms with Crippen LogP contribution >= 0.6 is 0 Å². The Morgan fingerprint density at radius 2 is 1.97 bits per heavy atom. The molecule has 166 valence electrons. The van der Waals surface area contributed by atoms with Crippen LogP contribution in [0.25, 0.3) is 33.1 Å². The van der Waals surface area contributed by atoms with Crippen molar-refractivity contribution in [2.75, 3.05) is 33.0 Å². The summed E-state index contributed by atoms with van der Waals surface area (Å²) < 4.78 is 30.0. The molecule has 1 saturated heterocycles. The maximum Gasteiger partial charge on any atom is 0.223 e. The van der Waals surface area contributed by atoms with Crippen LogP contribution in [0.15, 0.2) is 54.6 Å². The number of aromatic amines is 1. The fourth-order valence-electron chi connectivity index (χ4n) is 4.43. The van der Waals surface area contributed by atoms with E-state index in [1.807, 2.05) is 35.2 Å². The van der Waals surface area contributed by atoms with Gasteiger partial charge in [0.05, 0.1) is 23.9 Å². The van der Waals surface area contributed by atoms with E-state index >= 15 is 0 Å². The van der Waals surface area contributed by atoms with Gasteiger partial charge >= 0.3 is 0 Å². The molecular weight excluding hydrogens is 424 g/mol. The van der Waals surface area contributed by atoms with Gasteiger partial charge in [0, 0.05) is 48.7 Å². The van der Waals surface area contributed by atoms with Crippen molar-refractivity contribution < 1.29 is 13.2 Å². The number of nitrogens with zero attached hydrogens (tertiary/aromatic N) is 2. The summed E-state index contributed by atoms with van der Waals surface area (Å²) in [5.41, 5.74) is 4.83. The van der Waals surface area contributed by atoms with Crippen molar-refractivity contribution in [3.8, 4) is 17.1 Å². The molecule has 2 aromatic heterocycles. The molecule has 2 aromatic carbocycles. The number of nitrogens with one attached hydrogen (secondary N) is 2. The Labute approximate surface area is 187 Å². The van der Waals surface area contributed by atoms with Crippen molar-refractivity contribution in [3.05, 3.63) is 60.2 Å². The molecule has 32 heavy (non-hydrogen) atoms. The van der Waals surface area contributed by atoms with E-state index in [-0.39, 0.29) is 0 Å². The Morgan fingerprint density at radius 3 is 2.78 bits per heavy atom. The highest BCUT2D eigenvalue weighted by atomic mass is 32.2. The number of fused-ring (bicyclic) bond motifs is 2. The van der Waals surface area contributed by atoms with E-state index in [0.29, 0.717) is 25.5 Å². The molecule has 1 unspecified atom stereocenters. The Hall–Kier alpha value is -2.94. The summed E-state index contributed by atoms with van der Waals surface area (Å²) in [5.74, 6) is 0.576. The van der Waals surface area contributed by atoms with E-state index < -0.39 is 15.2 Å². The standard InChI is InChI=1S/C24H26N4O3S/c1-31-24-19(12-17-5-3-4-6-20(17)27-24)22-13-18-11-16(7-8-21(18)26-22)15-28-10-9-25-14-23(28)32(2,29)30/h3-8,11-13,23,25-26H,9-10,14-15H2,1-2H3. The van der Waals surface area contributed by atoms with Crippen LogP contribution in [0.2, 0.25) is 0 Å². The Bertz CT molecular complexity index is 1400. The molecule has 0 radical (unpaired) electrons. The second-order valence-electron chi connectivity index (χ2n) is 8.30. The lowest BCUT2D eigenvalue weighted by Crippen LogP contribution is -2.53. The van der Waals surface area contributed by atoms with Crippen molar-refractivity contribution in [2.45, 2.75) is 11.9 Å². The number of para-hydroxylation sites is 1. The number of hydrogen-bond acceptors (Lipinski definition) is 6. The molecular formula is C24H26N4O3S. The smallest absolute Gasteiger partial charge is 0.223 e. The average molecular weight is 451 g/mol. The van der Waals surface area contributed by atoms with Crippen LogP contribution in [0.3, 0.4) is 0 Å². The van der Waals surface area contributed by atoms with Gasteiger partial charge in [-0.25, -0.2) is 13.4 Å². The van der Waals surface area contributed by atoms with Crippen LogP contribution in [-0.2, 0) is 16.4 Å². The number of pyridine rings is 1. The second kappa shape index (κ2) is 8.20. The molecule has 1 fully saturated rings. The van der Waals surface area contributed by atoms with Gasteiger partial charge in [0.15, 0.2) is 9.84 Å². The minimum Gasteiger partial charge on any atom is -0.480 e. The quantitative estimate of drug-likeness (QED) is 0.486. The minimum absolute atomic E-state index is 0.462. The lowest BCUT2D eigenvalue weighted by atomic mass is 10.1. The first-order valence-electron chi connectivity index (χ1n) is 10.6. The van der Waals surface area contributed by atoms with Crippen molar-refractivity contribution in [2.24, 2.45) is 0 Å². The normalized spacial score (nSPS) is 17.8. The summed E-state index contributed by atoms with van der Waals surface area (Å²) >= 11 is 0. The summed E-state index contributed by atoms with van der Waals surface area (Å²) in [6, 6.07) is 18.4. The van der Waals surface area contributed by atoms with Crippen LogP contribution in [0.4, 0.5) is 0 Å². The molecule has 4 aromatic rings. The number of rotatable bonds is 5. The predicted octanol–water partition coefficient (Wildman–Crippen LogP) is 3.17. The zero-order valence-electron chi connectivity index (χ0n) is 18.1. The largest absolute Gasteiger partial charge is 0.480 e. The average Bonchev–Trinajstić information content (AvgIpc) is 3.21. The third-order valence-corrected chi connectivity index (χ3v) is 7.49. The lowest BCUT2D eigenvalue weighted by Gasteiger charge is -2.34. The van der Waals surface area contributed by atoms with Gasteiger partial charge < -0.3 is 15.0 Å². The van der Waals surface area contributed by atoms with E-state index in [4.69, 9.17) is 4.74 Å². The van der Waals surface area contributed by atoms with Crippen LogP contribution in [0.5, 0.6) is 5.88 Å². The topological polar surface area (TPSA) is 87.3 Å². The SMILES string of the molecule is COc1nc2ccccc2cc1-c1cc2cc(CN3CCNCC3S(C)(=O)=O)ccc2[nH]1. The van der Waals surface area contributed by atoms with Gasteiger partial charge in [0.2, 0.25) is 5.88 Å². The van der Waals surface area contributed by atoms with Crippen molar-refractivity contribution in [1.82, 2.24) is 20.2 Å². The molecule has 2 N–H and O–H groups in total. The molecule has 1 aliphatic rings. The summed E-state index contributed by atoms with van der Waals surface area (Å²) in [7, 11) is -1.53. The van der Waals surface area contributed by atoms with E-state index in [0.717, 1.165) is 45.2 Å². The molecule has 0 saturated carbocycles. The number of aromatic nitrogens is 2. The number of H-pyrrole nitrogens is 1. The van der Waals surface area contributed by atoms with Gasteiger partial charge in [0.1, 0.15) is 5.37 Å².